The Hall–Kier alpha value is -2.41. The first kappa shape index (κ1) is 17.0. The maximum absolute atomic E-state index is 12.8. The van der Waals surface area contributed by atoms with Gasteiger partial charge in [0.25, 0.3) is 5.91 Å². The van der Waals surface area contributed by atoms with E-state index >= 15 is 0 Å². The van der Waals surface area contributed by atoms with Crippen LogP contribution >= 0.6 is 15.9 Å². The smallest absolute Gasteiger partial charge is 0.254 e. The van der Waals surface area contributed by atoms with Crippen molar-refractivity contribution in [3.8, 4) is 0 Å². The molecule has 2 aliphatic rings. The molecule has 2 heterocycles. The van der Waals surface area contributed by atoms with Gasteiger partial charge < -0.3 is 14.8 Å². The second-order valence-electron chi connectivity index (χ2n) is 7.05. The number of anilines is 1. The Morgan fingerprint density at radius 2 is 2.00 bits per heavy atom. The number of fused-ring (bicyclic) bond motifs is 2. The number of aromatic nitrogens is 1. The van der Waals surface area contributed by atoms with E-state index in [1.165, 1.54) is 10.6 Å². The summed E-state index contributed by atoms with van der Waals surface area (Å²) in [6.45, 7) is 0.564. The van der Waals surface area contributed by atoms with Crippen molar-refractivity contribution in [1.82, 2.24) is 9.47 Å². The Kier molecular flexibility index (Phi) is 3.99. The minimum Gasteiger partial charge on any atom is -0.328 e. The zero-order valence-electron chi connectivity index (χ0n) is 14.3. The van der Waals surface area contributed by atoms with Crippen molar-refractivity contribution in [2.45, 2.75) is 18.3 Å². The average Bonchev–Trinajstić information content (AvgIpc) is 3.36. The standard InChI is InChI=1S/C19H18BrN3O3/c1-22-9-13(3-5-17(22)25)21-16(24)10-23-11-19(6-7-19)15-8-12(20)2-4-14(15)18(23)26/h2-5,8-9H,6-7,10-11H2,1H3,(H,21,24). The molecule has 0 radical (unpaired) electrons. The second kappa shape index (κ2) is 6.09. The van der Waals surface area contributed by atoms with Gasteiger partial charge in [-0.2, -0.15) is 0 Å². The van der Waals surface area contributed by atoms with Gasteiger partial charge in [-0.1, -0.05) is 15.9 Å². The van der Waals surface area contributed by atoms with E-state index in [-0.39, 0.29) is 29.3 Å². The molecule has 134 valence electrons. The van der Waals surface area contributed by atoms with Crippen LogP contribution in [0.3, 0.4) is 0 Å². The third-order valence-corrected chi connectivity index (χ3v) is 5.61. The van der Waals surface area contributed by atoms with Crippen LogP contribution in [0.4, 0.5) is 5.69 Å². The zero-order valence-corrected chi connectivity index (χ0v) is 15.9. The van der Waals surface area contributed by atoms with Gasteiger partial charge in [0.2, 0.25) is 11.5 Å². The van der Waals surface area contributed by atoms with Gasteiger partial charge in [-0.3, -0.25) is 14.4 Å². The van der Waals surface area contributed by atoms with Crippen LogP contribution in [-0.4, -0.2) is 34.4 Å². The number of carbonyl (C=O) groups is 2. The Bertz CT molecular complexity index is 978. The fraction of sp³-hybridized carbons (Fsp3) is 0.316. The highest BCUT2D eigenvalue weighted by molar-refractivity contribution is 9.10. The van der Waals surface area contributed by atoms with E-state index < -0.39 is 0 Å². The molecule has 7 heteroatoms. The lowest BCUT2D eigenvalue weighted by molar-refractivity contribution is -0.117. The number of hydrogen-bond acceptors (Lipinski definition) is 3. The molecule has 4 rings (SSSR count). The summed E-state index contributed by atoms with van der Waals surface area (Å²) in [5.74, 6) is -0.381. The molecule has 0 atom stereocenters. The number of halogens is 1. The Labute approximate surface area is 158 Å². The molecule has 1 spiro atoms. The van der Waals surface area contributed by atoms with E-state index in [0.29, 0.717) is 17.8 Å². The summed E-state index contributed by atoms with van der Waals surface area (Å²) in [4.78, 5) is 38.3. The summed E-state index contributed by atoms with van der Waals surface area (Å²) >= 11 is 3.48. The molecular weight excluding hydrogens is 398 g/mol. The summed E-state index contributed by atoms with van der Waals surface area (Å²) < 4.78 is 2.37. The van der Waals surface area contributed by atoms with Crippen LogP contribution in [0.5, 0.6) is 0 Å². The van der Waals surface area contributed by atoms with E-state index in [1.54, 1.807) is 24.2 Å². The SMILES string of the molecule is Cn1cc(NC(=O)CN2CC3(CC3)c3cc(Br)ccc3C2=O)ccc1=O. The minimum atomic E-state index is -0.270. The Morgan fingerprint density at radius 1 is 1.23 bits per heavy atom. The quantitative estimate of drug-likeness (QED) is 0.835. The van der Waals surface area contributed by atoms with Gasteiger partial charge >= 0.3 is 0 Å². The van der Waals surface area contributed by atoms with Crippen molar-refractivity contribution in [2.75, 3.05) is 18.4 Å². The lowest BCUT2D eigenvalue weighted by Crippen LogP contribution is -2.46. The molecule has 0 unspecified atom stereocenters. The lowest BCUT2D eigenvalue weighted by atomic mass is 9.86. The van der Waals surface area contributed by atoms with Crippen LogP contribution < -0.4 is 10.9 Å². The number of carbonyl (C=O) groups excluding carboxylic acids is 2. The van der Waals surface area contributed by atoms with Crippen LogP contribution in [0.15, 0.2) is 45.8 Å². The number of nitrogens with one attached hydrogen (secondary N) is 1. The third kappa shape index (κ3) is 2.96. The molecule has 2 aromatic rings. The number of rotatable bonds is 3. The molecule has 1 N–H and O–H groups in total. The maximum Gasteiger partial charge on any atom is 0.254 e. The largest absolute Gasteiger partial charge is 0.328 e. The number of aryl methyl sites for hydroxylation is 1. The van der Waals surface area contributed by atoms with Crippen LogP contribution in [0.2, 0.25) is 0 Å². The molecular formula is C19H18BrN3O3. The van der Waals surface area contributed by atoms with E-state index in [9.17, 15) is 14.4 Å². The zero-order chi connectivity index (χ0) is 18.5. The topological polar surface area (TPSA) is 71.4 Å². The fourth-order valence-electron chi connectivity index (χ4n) is 3.58. The number of hydrogen-bond donors (Lipinski definition) is 1. The van der Waals surface area contributed by atoms with Crippen LogP contribution in [0.25, 0.3) is 0 Å². The first-order chi connectivity index (χ1) is 12.4. The molecule has 1 fully saturated rings. The number of benzene rings is 1. The molecule has 26 heavy (non-hydrogen) atoms. The van der Waals surface area contributed by atoms with Gasteiger partial charge in [0.15, 0.2) is 0 Å². The molecule has 1 aromatic heterocycles. The summed E-state index contributed by atoms with van der Waals surface area (Å²) in [5, 5.41) is 2.76. The highest BCUT2D eigenvalue weighted by Gasteiger charge is 2.51. The highest BCUT2D eigenvalue weighted by atomic mass is 79.9. The first-order valence-corrected chi connectivity index (χ1v) is 9.23. The molecule has 1 aliphatic carbocycles. The summed E-state index contributed by atoms with van der Waals surface area (Å²) in [6.07, 6.45) is 3.62. The monoisotopic (exact) mass is 415 g/mol. The Balaban J connectivity index is 1.53. The van der Waals surface area contributed by atoms with Crippen molar-refractivity contribution in [3.63, 3.8) is 0 Å². The first-order valence-electron chi connectivity index (χ1n) is 8.44. The van der Waals surface area contributed by atoms with Crippen molar-refractivity contribution in [1.29, 1.82) is 0 Å². The van der Waals surface area contributed by atoms with Gasteiger partial charge in [-0.15, -0.1) is 0 Å². The molecule has 0 bridgehead atoms. The maximum atomic E-state index is 12.8. The summed E-state index contributed by atoms with van der Waals surface area (Å²) in [7, 11) is 1.62. The van der Waals surface area contributed by atoms with Gasteiger partial charge in [0, 0.05) is 41.3 Å². The predicted octanol–water partition coefficient (Wildman–Crippen LogP) is 2.27. The molecule has 1 saturated carbocycles. The van der Waals surface area contributed by atoms with E-state index in [1.807, 2.05) is 18.2 Å². The van der Waals surface area contributed by atoms with Gasteiger partial charge in [-0.05, 0) is 42.7 Å². The summed E-state index contributed by atoms with van der Waals surface area (Å²) in [6, 6.07) is 8.68. The van der Waals surface area contributed by atoms with Gasteiger partial charge in [-0.25, -0.2) is 0 Å². The predicted molar refractivity (Wildman–Crippen MR) is 101 cm³/mol. The number of nitrogens with zero attached hydrogens (tertiary/aromatic N) is 2. The number of amides is 2. The molecule has 0 saturated heterocycles. The van der Waals surface area contributed by atoms with Crippen molar-refractivity contribution < 1.29 is 9.59 Å². The van der Waals surface area contributed by atoms with Crippen LogP contribution in [0.1, 0.15) is 28.8 Å². The lowest BCUT2D eigenvalue weighted by Gasteiger charge is -2.34. The molecule has 2 amide bonds. The second-order valence-corrected chi connectivity index (χ2v) is 7.96. The normalized spacial score (nSPS) is 17.2. The third-order valence-electron chi connectivity index (χ3n) is 5.12. The minimum absolute atomic E-state index is 0.00106. The highest BCUT2D eigenvalue weighted by Crippen LogP contribution is 2.52. The van der Waals surface area contributed by atoms with E-state index in [4.69, 9.17) is 0 Å². The number of pyridine rings is 1. The van der Waals surface area contributed by atoms with Crippen LogP contribution in [0, 0.1) is 0 Å². The molecule has 6 nitrogen and oxygen atoms in total. The van der Waals surface area contributed by atoms with Gasteiger partial charge in [0.1, 0.15) is 6.54 Å². The molecule has 1 aromatic carbocycles. The van der Waals surface area contributed by atoms with E-state index in [0.717, 1.165) is 22.9 Å². The van der Waals surface area contributed by atoms with Crippen molar-refractivity contribution in [3.05, 3.63) is 62.5 Å². The fourth-order valence-corrected chi connectivity index (χ4v) is 3.94. The average molecular weight is 416 g/mol. The van der Waals surface area contributed by atoms with Crippen LogP contribution in [-0.2, 0) is 17.3 Å². The Morgan fingerprint density at radius 3 is 2.69 bits per heavy atom. The van der Waals surface area contributed by atoms with Crippen molar-refractivity contribution >= 4 is 33.4 Å². The molecule has 1 aliphatic heterocycles. The van der Waals surface area contributed by atoms with E-state index in [2.05, 4.69) is 21.2 Å². The van der Waals surface area contributed by atoms with Crippen molar-refractivity contribution in [2.24, 2.45) is 7.05 Å². The van der Waals surface area contributed by atoms with Gasteiger partial charge in [0.05, 0.1) is 5.69 Å². The summed E-state index contributed by atoms with van der Waals surface area (Å²) in [5.41, 5.74) is 2.15.